The van der Waals surface area contributed by atoms with Crippen LogP contribution in [-0.2, 0) is 9.59 Å². The maximum Gasteiger partial charge on any atom is 0.344 e. The lowest BCUT2D eigenvalue weighted by molar-refractivity contribution is -0.137. The molecule has 0 spiro atoms. The molecule has 23 heavy (non-hydrogen) atoms. The molecule has 4 amide bonds. The highest BCUT2D eigenvalue weighted by Gasteiger charge is 2.47. The summed E-state index contributed by atoms with van der Waals surface area (Å²) in [5, 5.41) is 11.3. The minimum atomic E-state index is -0.983. The van der Waals surface area contributed by atoms with Gasteiger partial charge in [0.15, 0.2) is 0 Å². The van der Waals surface area contributed by atoms with Crippen LogP contribution in [0.15, 0.2) is 9.64 Å². The van der Waals surface area contributed by atoms with E-state index in [-0.39, 0.29) is 5.75 Å². The number of aromatic nitrogens is 2. The molecule has 1 aromatic rings. The molecule has 1 saturated heterocycles. The van der Waals surface area contributed by atoms with Crippen LogP contribution >= 0.6 is 11.8 Å². The normalized spacial score (nSPS) is 24.0. The van der Waals surface area contributed by atoms with Gasteiger partial charge in [0, 0.05) is 5.92 Å². The number of hydrogen-bond donors (Lipinski definition) is 2. The Hall–Kier alpha value is -2.10. The molecule has 1 aliphatic carbocycles. The zero-order valence-electron chi connectivity index (χ0n) is 12.8. The Morgan fingerprint density at radius 1 is 1.48 bits per heavy atom. The molecular formula is C13H17N5O4S. The molecule has 9 nitrogen and oxygen atoms in total. The average molecular weight is 339 g/mol. The Bertz CT molecular complexity index is 659. The van der Waals surface area contributed by atoms with Gasteiger partial charge in [-0.2, -0.15) is 5.01 Å². The molecule has 2 aliphatic rings. The number of amides is 4. The number of carbonyl (C=O) groups excluding carboxylic acids is 3. The molecule has 1 saturated carbocycles. The van der Waals surface area contributed by atoms with Gasteiger partial charge in [-0.05, 0) is 26.2 Å². The van der Waals surface area contributed by atoms with E-state index >= 15 is 0 Å². The van der Waals surface area contributed by atoms with Gasteiger partial charge in [-0.25, -0.2) is 4.79 Å². The number of nitrogens with one attached hydrogen (secondary N) is 2. The van der Waals surface area contributed by atoms with Crippen molar-refractivity contribution in [1.29, 1.82) is 0 Å². The fraction of sp³-hybridized carbons (Fsp3) is 0.615. The number of thioether (sulfide) groups is 1. The second kappa shape index (κ2) is 5.84. The van der Waals surface area contributed by atoms with Crippen LogP contribution in [0.5, 0.6) is 0 Å². The molecule has 1 atom stereocenters. The van der Waals surface area contributed by atoms with E-state index in [9.17, 15) is 14.4 Å². The van der Waals surface area contributed by atoms with Gasteiger partial charge >= 0.3 is 6.03 Å². The highest BCUT2D eigenvalue weighted by molar-refractivity contribution is 7.99. The highest BCUT2D eigenvalue weighted by Crippen LogP contribution is 2.39. The maximum absolute atomic E-state index is 12.1. The summed E-state index contributed by atoms with van der Waals surface area (Å²) in [6, 6.07) is -0.633. The largest absolute Gasteiger partial charge is 0.416 e. The second-order valence-corrected chi connectivity index (χ2v) is 6.69. The maximum atomic E-state index is 12.1. The number of urea groups is 1. The van der Waals surface area contributed by atoms with E-state index in [4.69, 9.17) is 4.42 Å². The Balaban J connectivity index is 1.52. The van der Waals surface area contributed by atoms with Gasteiger partial charge in [0.2, 0.25) is 11.8 Å². The minimum Gasteiger partial charge on any atom is -0.416 e. The van der Waals surface area contributed by atoms with Gasteiger partial charge in [-0.15, -0.1) is 10.2 Å². The summed E-state index contributed by atoms with van der Waals surface area (Å²) in [6.07, 6.45) is 2.54. The Labute approximate surface area is 136 Å². The van der Waals surface area contributed by atoms with E-state index in [1.807, 2.05) is 0 Å². The first-order valence-electron chi connectivity index (χ1n) is 7.35. The zero-order valence-corrected chi connectivity index (χ0v) is 13.6. The molecule has 0 radical (unpaired) electrons. The first-order chi connectivity index (χ1) is 10.9. The van der Waals surface area contributed by atoms with Gasteiger partial charge in [0.25, 0.3) is 11.1 Å². The molecule has 1 aliphatic heterocycles. The lowest BCUT2D eigenvalue weighted by atomic mass is 10.00. The van der Waals surface area contributed by atoms with Gasteiger partial charge < -0.3 is 9.73 Å². The average Bonchev–Trinajstić information content (AvgIpc) is 3.23. The van der Waals surface area contributed by atoms with Crippen LogP contribution in [0.25, 0.3) is 0 Å². The molecule has 10 heteroatoms. The minimum absolute atomic E-state index is 0.0355. The number of nitrogens with zero attached hydrogens (tertiary/aromatic N) is 3. The Morgan fingerprint density at radius 2 is 2.22 bits per heavy atom. The molecule has 3 rings (SSSR count). The smallest absolute Gasteiger partial charge is 0.344 e. The second-order valence-electron chi connectivity index (χ2n) is 5.76. The number of carbonyl (C=O) groups is 3. The SMILES string of the molecule is CC[C@]1(C)NC(=O)N(NC(=O)CSc2nnc(C3CC3)o2)C1=O. The molecule has 2 heterocycles. The lowest BCUT2D eigenvalue weighted by Gasteiger charge is -2.19. The van der Waals surface area contributed by atoms with Crippen molar-refractivity contribution in [2.75, 3.05) is 5.75 Å². The van der Waals surface area contributed by atoms with E-state index in [1.54, 1.807) is 13.8 Å². The molecule has 1 aromatic heterocycles. The monoisotopic (exact) mass is 339 g/mol. The molecule has 124 valence electrons. The van der Waals surface area contributed by atoms with Gasteiger partial charge in [-0.3, -0.25) is 15.0 Å². The van der Waals surface area contributed by atoms with Crippen molar-refractivity contribution in [2.45, 2.75) is 49.8 Å². The summed E-state index contributed by atoms with van der Waals surface area (Å²) in [5.41, 5.74) is 1.32. The van der Waals surface area contributed by atoms with E-state index < -0.39 is 23.4 Å². The quantitative estimate of drug-likeness (QED) is 0.581. The lowest BCUT2D eigenvalue weighted by Crippen LogP contribution is -2.49. The summed E-state index contributed by atoms with van der Waals surface area (Å²) < 4.78 is 5.42. The Kier molecular flexibility index (Phi) is 4.00. The molecule has 0 bridgehead atoms. The summed E-state index contributed by atoms with van der Waals surface area (Å²) in [5.74, 6) is -0.0575. The van der Waals surface area contributed by atoms with Crippen molar-refractivity contribution in [3.63, 3.8) is 0 Å². The van der Waals surface area contributed by atoms with E-state index in [0.29, 0.717) is 23.5 Å². The van der Waals surface area contributed by atoms with Crippen molar-refractivity contribution in [1.82, 2.24) is 25.9 Å². The number of rotatable bonds is 6. The Morgan fingerprint density at radius 3 is 2.83 bits per heavy atom. The third kappa shape index (κ3) is 3.16. The highest BCUT2D eigenvalue weighted by atomic mass is 32.2. The van der Waals surface area contributed by atoms with Crippen LogP contribution in [0.3, 0.4) is 0 Å². The number of hydrogen-bond acceptors (Lipinski definition) is 7. The fourth-order valence-electron chi connectivity index (χ4n) is 2.08. The molecule has 0 unspecified atom stereocenters. The fourth-order valence-corrected chi connectivity index (χ4v) is 2.65. The van der Waals surface area contributed by atoms with Crippen LogP contribution in [0.2, 0.25) is 0 Å². The van der Waals surface area contributed by atoms with E-state index in [1.165, 1.54) is 0 Å². The summed E-state index contributed by atoms with van der Waals surface area (Å²) in [7, 11) is 0. The van der Waals surface area contributed by atoms with Crippen LogP contribution in [0, 0.1) is 0 Å². The van der Waals surface area contributed by atoms with Gasteiger partial charge in [0.05, 0.1) is 5.75 Å². The first kappa shape index (κ1) is 15.8. The zero-order chi connectivity index (χ0) is 16.6. The van der Waals surface area contributed by atoms with Gasteiger partial charge in [-0.1, -0.05) is 18.7 Å². The van der Waals surface area contributed by atoms with Crippen LogP contribution < -0.4 is 10.7 Å². The predicted octanol–water partition coefficient (Wildman–Crippen LogP) is 0.791. The van der Waals surface area contributed by atoms with Crippen LogP contribution in [0.1, 0.15) is 44.9 Å². The van der Waals surface area contributed by atoms with Crippen molar-refractivity contribution in [3.05, 3.63) is 5.89 Å². The van der Waals surface area contributed by atoms with E-state index in [2.05, 4.69) is 20.9 Å². The molecule has 0 aromatic carbocycles. The van der Waals surface area contributed by atoms with Crippen molar-refractivity contribution >= 4 is 29.6 Å². The third-order valence-electron chi connectivity index (χ3n) is 3.88. The van der Waals surface area contributed by atoms with Crippen molar-refractivity contribution in [2.24, 2.45) is 0 Å². The van der Waals surface area contributed by atoms with Gasteiger partial charge in [0.1, 0.15) is 5.54 Å². The first-order valence-corrected chi connectivity index (χ1v) is 8.34. The van der Waals surface area contributed by atoms with Crippen molar-refractivity contribution in [3.8, 4) is 0 Å². The van der Waals surface area contributed by atoms with E-state index in [0.717, 1.165) is 29.6 Å². The molecule has 2 fully saturated rings. The molecule has 2 N–H and O–H groups in total. The number of hydrazine groups is 1. The summed E-state index contributed by atoms with van der Waals surface area (Å²) in [4.78, 5) is 35.8. The summed E-state index contributed by atoms with van der Waals surface area (Å²) >= 11 is 1.06. The summed E-state index contributed by atoms with van der Waals surface area (Å²) in [6.45, 7) is 3.40. The number of imide groups is 1. The molecular weight excluding hydrogens is 322 g/mol. The predicted molar refractivity (Wildman–Crippen MR) is 79.2 cm³/mol. The van der Waals surface area contributed by atoms with Crippen LogP contribution in [-0.4, -0.2) is 44.3 Å². The van der Waals surface area contributed by atoms with Crippen LogP contribution in [0.4, 0.5) is 4.79 Å². The third-order valence-corrected chi connectivity index (χ3v) is 4.70. The van der Waals surface area contributed by atoms with Crippen molar-refractivity contribution < 1.29 is 18.8 Å². The standard InChI is InChI=1S/C13H17N5O4S/c1-3-13(2)10(20)18(11(21)14-13)17-8(19)6-23-12-16-15-9(22-12)7-4-5-7/h7H,3-6H2,1-2H3,(H,14,21)(H,17,19)/t13-/m0/s1. The topological polar surface area (TPSA) is 117 Å².